The normalized spacial score (nSPS) is 19.5. The molecule has 0 bridgehead atoms. The van der Waals surface area contributed by atoms with Gasteiger partial charge in [0.2, 0.25) is 0 Å². The van der Waals surface area contributed by atoms with Crippen LogP contribution in [0.2, 0.25) is 0 Å². The number of rotatable bonds is 5. The standard InChI is InChI=1S/C12H20N2S/c1-10(6-11-4-2-3-5-11)13-7-12-8-15-9-14-12/h8-11,13H,2-7H2,1H3. The highest BCUT2D eigenvalue weighted by atomic mass is 32.1. The summed E-state index contributed by atoms with van der Waals surface area (Å²) in [5, 5.41) is 5.68. The van der Waals surface area contributed by atoms with Crippen molar-refractivity contribution in [1.82, 2.24) is 10.3 Å². The third kappa shape index (κ3) is 3.58. The van der Waals surface area contributed by atoms with Crippen molar-refractivity contribution in [2.75, 3.05) is 0 Å². The summed E-state index contributed by atoms with van der Waals surface area (Å²) in [5.41, 5.74) is 3.08. The van der Waals surface area contributed by atoms with Crippen molar-refractivity contribution in [3.63, 3.8) is 0 Å². The summed E-state index contributed by atoms with van der Waals surface area (Å²) in [4.78, 5) is 4.28. The Morgan fingerprint density at radius 3 is 3.00 bits per heavy atom. The van der Waals surface area contributed by atoms with Crippen LogP contribution in [-0.4, -0.2) is 11.0 Å². The summed E-state index contributed by atoms with van der Waals surface area (Å²) in [6.45, 7) is 3.22. The van der Waals surface area contributed by atoms with E-state index in [1.165, 1.54) is 37.8 Å². The second kappa shape index (κ2) is 5.61. The lowest BCUT2D eigenvalue weighted by atomic mass is 9.99. The molecule has 1 heterocycles. The van der Waals surface area contributed by atoms with Crippen molar-refractivity contribution in [2.24, 2.45) is 5.92 Å². The van der Waals surface area contributed by atoms with Gasteiger partial charge in [0.25, 0.3) is 0 Å². The van der Waals surface area contributed by atoms with E-state index in [0.29, 0.717) is 6.04 Å². The van der Waals surface area contributed by atoms with Crippen molar-refractivity contribution in [3.8, 4) is 0 Å². The van der Waals surface area contributed by atoms with Crippen molar-refractivity contribution in [1.29, 1.82) is 0 Å². The van der Waals surface area contributed by atoms with Gasteiger partial charge >= 0.3 is 0 Å². The molecule has 0 aromatic carbocycles. The molecular formula is C12H20N2S. The monoisotopic (exact) mass is 224 g/mol. The van der Waals surface area contributed by atoms with E-state index in [-0.39, 0.29) is 0 Å². The quantitative estimate of drug-likeness (QED) is 0.831. The van der Waals surface area contributed by atoms with Crippen LogP contribution in [0.5, 0.6) is 0 Å². The number of nitrogens with zero attached hydrogens (tertiary/aromatic N) is 1. The second-order valence-electron chi connectivity index (χ2n) is 4.65. The van der Waals surface area contributed by atoms with E-state index in [2.05, 4.69) is 22.6 Å². The lowest BCUT2D eigenvalue weighted by Crippen LogP contribution is -2.27. The van der Waals surface area contributed by atoms with Crippen LogP contribution in [0.15, 0.2) is 10.9 Å². The van der Waals surface area contributed by atoms with Crippen molar-refractivity contribution in [3.05, 3.63) is 16.6 Å². The summed E-state index contributed by atoms with van der Waals surface area (Å²) in [6.07, 6.45) is 7.13. The molecule has 1 aromatic rings. The van der Waals surface area contributed by atoms with Gasteiger partial charge < -0.3 is 5.32 Å². The molecule has 15 heavy (non-hydrogen) atoms. The highest BCUT2D eigenvalue weighted by Gasteiger charge is 2.17. The fourth-order valence-electron chi connectivity index (χ4n) is 2.43. The Labute approximate surface area is 96.1 Å². The third-order valence-electron chi connectivity index (χ3n) is 3.28. The van der Waals surface area contributed by atoms with Gasteiger partial charge in [-0.2, -0.15) is 0 Å². The van der Waals surface area contributed by atoms with Crippen LogP contribution in [0.25, 0.3) is 0 Å². The summed E-state index contributed by atoms with van der Waals surface area (Å²) < 4.78 is 0. The number of hydrogen-bond donors (Lipinski definition) is 1. The molecule has 0 radical (unpaired) electrons. The minimum atomic E-state index is 0.634. The molecule has 1 N–H and O–H groups in total. The molecule has 3 heteroatoms. The predicted octanol–water partition coefficient (Wildman–Crippen LogP) is 3.20. The van der Waals surface area contributed by atoms with Gasteiger partial charge in [0.1, 0.15) is 0 Å². The first-order chi connectivity index (χ1) is 7.34. The van der Waals surface area contributed by atoms with Gasteiger partial charge in [-0.3, -0.25) is 0 Å². The molecule has 1 aromatic heterocycles. The predicted molar refractivity (Wildman–Crippen MR) is 65.0 cm³/mol. The van der Waals surface area contributed by atoms with Crippen molar-refractivity contribution >= 4 is 11.3 Å². The molecule has 1 aliphatic rings. The summed E-state index contributed by atoms with van der Waals surface area (Å²) in [7, 11) is 0. The maximum Gasteiger partial charge on any atom is 0.0795 e. The fourth-order valence-corrected chi connectivity index (χ4v) is 2.99. The number of nitrogens with one attached hydrogen (secondary N) is 1. The molecule has 1 aliphatic carbocycles. The van der Waals surface area contributed by atoms with E-state index in [1.807, 2.05) is 5.51 Å². The second-order valence-corrected chi connectivity index (χ2v) is 5.37. The molecule has 1 fully saturated rings. The molecule has 0 spiro atoms. The first-order valence-corrected chi connectivity index (χ1v) is 6.89. The van der Waals surface area contributed by atoms with Crippen LogP contribution < -0.4 is 5.32 Å². The van der Waals surface area contributed by atoms with E-state index in [4.69, 9.17) is 0 Å². The van der Waals surface area contributed by atoms with Crippen LogP contribution in [-0.2, 0) is 6.54 Å². The SMILES string of the molecule is CC(CC1CCCC1)NCc1cscn1. The average molecular weight is 224 g/mol. The smallest absolute Gasteiger partial charge is 0.0795 e. The van der Waals surface area contributed by atoms with Crippen LogP contribution in [0.4, 0.5) is 0 Å². The van der Waals surface area contributed by atoms with E-state index < -0.39 is 0 Å². The zero-order chi connectivity index (χ0) is 10.5. The Hall–Kier alpha value is -0.410. The minimum absolute atomic E-state index is 0.634. The summed E-state index contributed by atoms with van der Waals surface area (Å²) in [5.74, 6) is 0.975. The van der Waals surface area contributed by atoms with Crippen LogP contribution in [0.1, 0.15) is 44.7 Å². The number of hydrogen-bond acceptors (Lipinski definition) is 3. The van der Waals surface area contributed by atoms with Crippen LogP contribution in [0.3, 0.4) is 0 Å². The van der Waals surface area contributed by atoms with Crippen molar-refractivity contribution in [2.45, 2.75) is 51.6 Å². The average Bonchev–Trinajstić information content (AvgIpc) is 2.86. The Bertz CT molecular complexity index is 265. The molecule has 84 valence electrons. The van der Waals surface area contributed by atoms with E-state index >= 15 is 0 Å². The Morgan fingerprint density at radius 2 is 2.33 bits per heavy atom. The van der Waals surface area contributed by atoms with Gasteiger partial charge in [0.05, 0.1) is 11.2 Å². The fraction of sp³-hybridized carbons (Fsp3) is 0.750. The van der Waals surface area contributed by atoms with E-state index in [0.717, 1.165) is 12.5 Å². The molecule has 2 nitrogen and oxygen atoms in total. The molecule has 0 amide bonds. The molecule has 1 saturated carbocycles. The van der Waals surface area contributed by atoms with Gasteiger partial charge in [-0.15, -0.1) is 11.3 Å². The molecule has 0 saturated heterocycles. The highest BCUT2D eigenvalue weighted by Crippen LogP contribution is 2.28. The zero-order valence-corrected chi connectivity index (χ0v) is 10.2. The van der Waals surface area contributed by atoms with Gasteiger partial charge in [-0.1, -0.05) is 25.7 Å². The Morgan fingerprint density at radius 1 is 1.53 bits per heavy atom. The molecule has 0 aliphatic heterocycles. The largest absolute Gasteiger partial charge is 0.309 e. The summed E-state index contributed by atoms with van der Waals surface area (Å²) in [6, 6.07) is 0.634. The zero-order valence-electron chi connectivity index (χ0n) is 9.41. The highest BCUT2D eigenvalue weighted by molar-refractivity contribution is 7.07. The lowest BCUT2D eigenvalue weighted by molar-refractivity contribution is 0.403. The number of thiazole rings is 1. The Balaban J connectivity index is 1.66. The first kappa shape index (κ1) is 11.1. The summed E-state index contributed by atoms with van der Waals surface area (Å²) >= 11 is 1.67. The van der Waals surface area contributed by atoms with Gasteiger partial charge in [-0.25, -0.2) is 4.98 Å². The first-order valence-electron chi connectivity index (χ1n) is 5.95. The topological polar surface area (TPSA) is 24.9 Å². The van der Waals surface area contributed by atoms with Crippen molar-refractivity contribution < 1.29 is 0 Å². The van der Waals surface area contributed by atoms with E-state index in [1.54, 1.807) is 11.3 Å². The Kier molecular flexibility index (Phi) is 4.15. The number of aromatic nitrogens is 1. The molecular weight excluding hydrogens is 204 g/mol. The lowest BCUT2D eigenvalue weighted by Gasteiger charge is -2.17. The third-order valence-corrected chi connectivity index (χ3v) is 3.91. The van der Waals surface area contributed by atoms with Gasteiger partial charge in [0, 0.05) is 18.0 Å². The van der Waals surface area contributed by atoms with E-state index in [9.17, 15) is 0 Å². The maximum atomic E-state index is 4.28. The van der Waals surface area contributed by atoms with Crippen LogP contribution >= 0.6 is 11.3 Å². The molecule has 2 rings (SSSR count). The molecule has 1 atom stereocenters. The molecule has 1 unspecified atom stereocenters. The van der Waals surface area contributed by atoms with Gasteiger partial charge in [0.15, 0.2) is 0 Å². The van der Waals surface area contributed by atoms with Gasteiger partial charge in [-0.05, 0) is 19.3 Å². The minimum Gasteiger partial charge on any atom is -0.309 e. The van der Waals surface area contributed by atoms with Crippen LogP contribution in [0, 0.1) is 5.92 Å². The maximum absolute atomic E-state index is 4.28.